The molecule has 4 aliphatic rings. The lowest BCUT2D eigenvalue weighted by atomic mass is 9.49. The van der Waals surface area contributed by atoms with Gasteiger partial charge in [-0.05, 0) is 73.5 Å². The molecular formula is C31H47BrO4. The second-order valence-electron chi connectivity index (χ2n) is 13.1. The van der Waals surface area contributed by atoms with E-state index in [-0.39, 0.29) is 29.6 Å². The van der Waals surface area contributed by atoms with Crippen LogP contribution in [0, 0.1) is 40.4 Å². The third-order valence-corrected chi connectivity index (χ3v) is 11.8. The monoisotopic (exact) mass is 562 g/mol. The number of allylic oxidation sites excluding steroid dienone is 3. The van der Waals surface area contributed by atoms with Crippen LogP contribution in [-0.2, 0) is 19.1 Å². The van der Waals surface area contributed by atoms with Crippen molar-refractivity contribution < 1.29 is 19.1 Å². The molecule has 0 saturated heterocycles. The molecule has 4 nitrogen and oxygen atoms in total. The Labute approximate surface area is 227 Å². The molecule has 0 heterocycles. The van der Waals surface area contributed by atoms with Gasteiger partial charge >= 0.3 is 11.9 Å². The fourth-order valence-corrected chi connectivity index (χ4v) is 9.24. The summed E-state index contributed by atoms with van der Waals surface area (Å²) in [5, 5.41) is 0. The number of ether oxygens (including phenoxy) is 2. The molecule has 0 radical (unpaired) electrons. The molecule has 0 aromatic carbocycles. The molecule has 3 fully saturated rings. The number of alkyl halides is 1. The first kappa shape index (κ1) is 27.9. The van der Waals surface area contributed by atoms with Crippen LogP contribution in [0.3, 0.4) is 0 Å². The number of rotatable bonds is 7. The van der Waals surface area contributed by atoms with Crippen molar-refractivity contribution in [2.24, 2.45) is 40.4 Å². The van der Waals surface area contributed by atoms with Crippen LogP contribution in [0.25, 0.3) is 0 Å². The van der Waals surface area contributed by atoms with Gasteiger partial charge in [-0.15, -0.1) is 0 Å². The van der Waals surface area contributed by atoms with E-state index in [9.17, 15) is 9.59 Å². The van der Waals surface area contributed by atoms with E-state index in [1.165, 1.54) is 51.5 Å². The highest BCUT2D eigenvalue weighted by Gasteiger charge is 2.60. The molecule has 0 aliphatic heterocycles. The van der Waals surface area contributed by atoms with Crippen molar-refractivity contribution in [2.45, 2.75) is 117 Å². The molecule has 4 aliphatic carbocycles. The minimum Gasteiger partial charge on any atom is -0.462 e. The molecule has 1 unspecified atom stereocenters. The van der Waals surface area contributed by atoms with Crippen molar-refractivity contribution in [3.8, 4) is 0 Å². The Balaban J connectivity index is 1.61. The molecule has 4 rings (SSSR count). The first-order valence-corrected chi connectivity index (χ1v) is 15.2. The molecule has 36 heavy (non-hydrogen) atoms. The fourth-order valence-electron chi connectivity index (χ4n) is 8.61. The van der Waals surface area contributed by atoms with E-state index >= 15 is 0 Å². The Bertz CT molecular complexity index is 922. The molecule has 0 N–H and O–H groups in total. The Morgan fingerprint density at radius 2 is 1.69 bits per heavy atom. The number of hydrogen-bond acceptors (Lipinski definition) is 4. The smallest absolute Gasteiger partial charge is 0.302 e. The van der Waals surface area contributed by atoms with Crippen LogP contribution in [0.15, 0.2) is 23.3 Å². The molecule has 3 saturated carbocycles. The van der Waals surface area contributed by atoms with Crippen LogP contribution in [0.2, 0.25) is 0 Å². The first-order valence-electron chi connectivity index (χ1n) is 14.3. The predicted molar refractivity (Wildman–Crippen MR) is 148 cm³/mol. The van der Waals surface area contributed by atoms with Gasteiger partial charge in [-0.25, -0.2) is 0 Å². The predicted octanol–water partition coefficient (Wildman–Crippen LogP) is 7.79. The SMILES string of the molecule is CC(=O)O[C@@H]1CC2=CC=C3[C@@H]4CC[C@H]([C@H](C)C(Br)CCC(C)C)[C@@]4(C)CC[C@@H]3[C@@]2(C)[C@@H](OC(C)=O)C1. The lowest BCUT2D eigenvalue weighted by Crippen LogP contribution is -2.54. The zero-order valence-electron chi connectivity index (χ0n) is 23.4. The highest BCUT2D eigenvalue weighted by Crippen LogP contribution is 2.66. The molecule has 5 heteroatoms. The Hall–Kier alpha value is -1.10. The number of esters is 2. The van der Waals surface area contributed by atoms with Crippen LogP contribution in [-0.4, -0.2) is 29.0 Å². The minimum absolute atomic E-state index is 0.228. The van der Waals surface area contributed by atoms with Gasteiger partial charge in [0, 0.05) is 36.9 Å². The molecule has 0 aromatic heterocycles. The third-order valence-electron chi connectivity index (χ3n) is 10.5. The van der Waals surface area contributed by atoms with Gasteiger partial charge in [0.05, 0.1) is 0 Å². The van der Waals surface area contributed by atoms with E-state index in [1.807, 2.05) is 0 Å². The van der Waals surface area contributed by atoms with Crippen molar-refractivity contribution in [1.82, 2.24) is 0 Å². The van der Waals surface area contributed by atoms with E-state index < -0.39 is 0 Å². The van der Waals surface area contributed by atoms with Gasteiger partial charge in [-0.2, -0.15) is 0 Å². The first-order chi connectivity index (χ1) is 16.9. The topological polar surface area (TPSA) is 52.6 Å². The number of fused-ring (bicyclic) bond motifs is 5. The van der Waals surface area contributed by atoms with Crippen LogP contribution < -0.4 is 0 Å². The summed E-state index contributed by atoms with van der Waals surface area (Å²) in [6, 6.07) is 0. The Morgan fingerprint density at radius 1 is 1.00 bits per heavy atom. The van der Waals surface area contributed by atoms with E-state index in [1.54, 1.807) is 5.57 Å². The van der Waals surface area contributed by atoms with Crippen molar-refractivity contribution >= 4 is 27.9 Å². The lowest BCUT2D eigenvalue weighted by Gasteiger charge is -2.57. The molecule has 9 atom stereocenters. The lowest BCUT2D eigenvalue weighted by molar-refractivity contribution is -0.165. The van der Waals surface area contributed by atoms with Gasteiger partial charge in [-0.1, -0.05) is 73.8 Å². The van der Waals surface area contributed by atoms with Crippen LogP contribution >= 0.6 is 15.9 Å². The molecule has 0 bridgehead atoms. The van der Waals surface area contributed by atoms with Crippen LogP contribution in [0.1, 0.15) is 99.8 Å². The van der Waals surface area contributed by atoms with E-state index in [0.717, 1.165) is 24.7 Å². The zero-order valence-corrected chi connectivity index (χ0v) is 25.0. The second-order valence-corrected chi connectivity index (χ2v) is 14.3. The van der Waals surface area contributed by atoms with E-state index in [2.05, 4.69) is 62.7 Å². The summed E-state index contributed by atoms with van der Waals surface area (Å²) in [4.78, 5) is 24.4. The zero-order chi connectivity index (χ0) is 26.4. The van der Waals surface area contributed by atoms with Crippen LogP contribution in [0.4, 0.5) is 0 Å². The van der Waals surface area contributed by atoms with E-state index in [0.29, 0.717) is 34.4 Å². The number of carbonyl (C=O) groups is 2. The maximum atomic E-state index is 12.2. The summed E-state index contributed by atoms with van der Waals surface area (Å²) in [5.41, 5.74) is 2.95. The minimum atomic E-state index is -0.268. The second kappa shape index (κ2) is 10.6. The van der Waals surface area contributed by atoms with Crippen molar-refractivity contribution in [3.63, 3.8) is 0 Å². The van der Waals surface area contributed by atoms with Gasteiger partial charge in [0.25, 0.3) is 0 Å². The summed E-state index contributed by atoms with van der Waals surface area (Å²) < 4.78 is 11.6. The van der Waals surface area contributed by atoms with Gasteiger partial charge in [0.1, 0.15) is 12.2 Å². The average molecular weight is 564 g/mol. The summed E-state index contributed by atoms with van der Waals surface area (Å²) in [6.07, 6.45) is 12.9. The summed E-state index contributed by atoms with van der Waals surface area (Å²) >= 11 is 4.09. The van der Waals surface area contributed by atoms with Crippen molar-refractivity contribution in [1.29, 1.82) is 0 Å². The molecule has 0 aromatic rings. The summed E-state index contributed by atoms with van der Waals surface area (Å²) in [6.45, 7) is 14.9. The molecule has 0 spiro atoms. The maximum absolute atomic E-state index is 12.2. The number of hydrogen-bond donors (Lipinski definition) is 0. The molecule has 0 amide bonds. The molecule has 202 valence electrons. The van der Waals surface area contributed by atoms with E-state index in [4.69, 9.17) is 9.47 Å². The standard InChI is InChI=1S/C31H47BrO4/c1-18(2)8-13-28(32)19(3)25-11-12-26-24-10-9-22-16-23(35-20(4)33)17-29(36-21(5)34)31(22,7)27(24)14-15-30(25,26)6/h9-10,18-19,23,25-29H,8,11-17H2,1-7H3/t19-,23+,25+,26-,27-,28?,29-,30+,31-/m0/s1. The summed E-state index contributed by atoms with van der Waals surface area (Å²) in [5.74, 6) is 2.59. The van der Waals surface area contributed by atoms with Gasteiger partial charge < -0.3 is 9.47 Å². The van der Waals surface area contributed by atoms with Crippen molar-refractivity contribution in [3.05, 3.63) is 23.3 Å². The Morgan fingerprint density at radius 3 is 2.33 bits per heavy atom. The summed E-state index contributed by atoms with van der Waals surface area (Å²) in [7, 11) is 0. The Kier molecular flexibility index (Phi) is 8.20. The highest BCUT2D eigenvalue weighted by atomic mass is 79.9. The average Bonchev–Trinajstić information content (AvgIpc) is 3.14. The third kappa shape index (κ3) is 4.99. The molecular weight excluding hydrogens is 516 g/mol. The van der Waals surface area contributed by atoms with Gasteiger partial charge in [0.15, 0.2) is 0 Å². The van der Waals surface area contributed by atoms with Crippen LogP contribution in [0.5, 0.6) is 0 Å². The number of halogens is 1. The quantitative estimate of drug-likeness (QED) is 0.234. The largest absolute Gasteiger partial charge is 0.462 e. The van der Waals surface area contributed by atoms with Gasteiger partial charge in [0.2, 0.25) is 0 Å². The maximum Gasteiger partial charge on any atom is 0.302 e. The van der Waals surface area contributed by atoms with Crippen molar-refractivity contribution in [2.75, 3.05) is 0 Å². The van der Waals surface area contributed by atoms with Gasteiger partial charge in [-0.3, -0.25) is 9.59 Å². The normalized spacial score (nSPS) is 39.2. The fraction of sp³-hybridized carbons (Fsp3) is 0.806. The highest BCUT2D eigenvalue weighted by molar-refractivity contribution is 9.09. The number of carbonyl (C=O) groups excluding carboxylic acids is 2.